The van der Waals surface area contributed by atoms with Gasteiger partial charge in [-0.2, -0.15) is 0 Å². The van der Waals surface area contributed by atoms with Crippen molar-refractivity contribution in [1.29, 1.82) is 0 Å². The summed E-state index contributed by atoms with van der Waals surface area (Å²) in [6.07, 6.45) is 1.13. The molecule has 29 heavy (non-hydrogen) atoms. The quantitative estimate of drug-likeness (QED) is 0.455. The van der Waals surface area contributed by atoms with Crippen LogP contribution in [-0.4, -0.2) is 40.1 Å². The molecule has 9 heteroatoms. The van der Waals surface area contributed by atoms with Gasteiger partial charge >= 0.3 is 6.03 Å². The summed E-state index contributed by atoms with van der Waals surface area (Å²) in [5.74, 6) is -0.424. The van der Waals surface area contributed by atoms with Crippen LogP contribution in [0.4, 0.5) is 21.9 Å². The van der Waals surface area contributed by atoms with E-state index in [4.69, 9.17) is 0 Å². The molecular formula is C20H20N4O5. The molecule has 1 fully saturated rings. The van der Waals surface area contributed by atoms with E-state index in [0.29, 0.717) is 30.6 Å². The van der Waals surface area contributed by atoms with Crippen LogP contribution in [0.3, 0.4) is 0 Å². The van der Waals surface area contributed by atoms with Crippen LogP contribution in [0, 0.1) is 10.1 Å². The fourth-order valence-electron chi connectivity index (χ4n) is 3.22. The smallest absolute Gasteiger partial charge is 0.322 e. The van der Waals surface area contributed by atoms with Gasteiger partial charge in [0.15, 0.2) is 5.78 Å². The topological polar surface area (TPSA) is 122 Å². The maximum absolute atomic E-state index is 12.7. The number of hydrogen-bond donors (Lipinski definition) is 2. The third kappa shape index (κ3) is 4.57. The Hall–Kier alpha value is -3.75. The number of rotatable bonds is 5. The number of likely N-dealkylation sites (tertiary alicyclic amines) is 1. The summed E-state index contributed by atoms with van der Waals surface area (Å²) in [6, 6.07) is 11.1. The Balaban J connectivity index is 1.69. The summed E-state index contributed by atoms with van der Waals surface area (Å²) in [5, 5.41) is 16.4. The molecule has 0 spiro atoms. The third-order valence-corrected chi connectivity index (χ3v) is 4.72. The molecule has 150 valence electrons. The largest absolute Gasteiger partial charge is 0.324 e. The summed E-state index contributed by atoms with van der Waals surface area (Å²) >= 11 is 0. The fraction of sp³-hybridized carbons (Fsp3) is 0.250. The normalized spacial score (nSPS) is 15.6. The number of ketones is 1. The highest BCUT2D eigenvalue weighted by Crippen LogP contribution is 2.26. The first kappa shape index (κ1) is 20.0. The molecule has 1 atom stereocenters. The molecule has 0 radical (unpaired) electrons. The highest BCUT2D eigenvalue weighted by molar-refractivity contribution is 6.00. The molecule has 1 aliphatic heterocycles. The molecule has 1 aliphatic rings. The van der Waals surface area contributed by atoms with Crippen LogP contribution in [0.15, 0.2) is 48.5 Å². The summed E-state index contributed by atoms with van der Waals surface area (Å²) in [6.45, 7) is 1.83. The second-order valence-corrected chi connectivity index (χ2v) is 6.68. The molecule has 1 heterocycles. The van der Waals surface area contributed by atoms with E-state index in [1.165, 1.54) is 30.0 Å². The third-order valence-electron chi connectivity index (χ3n) is 4.72. The van der Waals surface area contributed by atoms with Crippen LogP contribution in [0.1, 0.15) is 30.1 Å². The monoisotopic (exact) mass is 396 g/mol. The van der Waals surface area contributed by atoms with E-state index in [1.807, 2.05) is 0 Å². The number of nitro benzene ring substituents is 1. The van der Waals surface area contributed by atoms with Gasteiger partial charge in [-0.3, -0.25) is 19.7 Å². The number of nitrogens with one attached hydrogen (secondary N) is 2. The van der Waals surface area contributed by atoms with E-state index >= 15 is 0 Å². The molecule has 2 N–H and O–H groups in total. The molecule has 3 rings (SSSR count). The van der Waals surface area contributed by atoms with Gasteiger partial charge in [-0.15, -0.1) is 0 Å². The first-order valence-electron chi connectivity index (χ1n) is 9.09. The van der Waals surface area contributed by atoms with Crippen molar-refractivity contribution in [3.8, 4) is 0 Å². The van der Waals surface area contributed by atoms with Crippen LogP contribution in [-0.2, 0) is 4.79 Å². The van der Waals surface area contributed by atoms with Crippen molar-refractivity contribution >= 4 is 34.8 Å². The average Bonchev–Trinajstić information content (AvgIpc) is 3.19. The first-order chi connectivity index (χ1) is 13.9. The number of nitro groups is 1. The fourth-order valence-corrected chi connectivity index (χ4v) is 3.22. The lowest BCUT2D eigenvalue weighted by Crippen LogP contribution is -2.45. The minimum Gasteiger partial charge on any atom is -0.324 e. The maximum atomic E-state index is 12.7. The molecule has 0 aromatic heterocycles. The highest BCUT2D eigenvalue weighted by atomic mass is 16.6. The van der Waals surface area contributed by atoms with Gasteiger partial charge in [0.25, 0.3) is 5.69 Å². The summed E-state index contributed by atoms with van der Waals surface area (Å²) < 4.78 is 0. The molecular weight excluding hydrogens is 376 g/mol. The molecule has 1 saturated heterocycles. The van der Waals surface area contributed by atoms with Gasteiger partial charge < -0.3 is 15.5 Å². The second-order valence-electron chi connectivity index (χ2n) is 6.68. The van der Waals surface area contributed by atoms with E-state index in [0.717, 1.165) is 0 Å². The van der Waals surface area contributed by atoms with Crippen LogP contribution in [0.2, 0.25) is 0 Å². The highest BCUT2D eigenvalue weighted by Gasteiger charge is 2.34. The number of carbonyl (C=O) groups excluding carboxylic acids is 3. The standard InChI is InChI=1S/C20H20N4O5/c1-13(25)14-8-10-15(11-9-14)21-19(26)18-7-4-12-23(18)20(27)22-16-5-2-3-6-17(16)24(28)29/h2-3,5-6,8-11,18H,4,7,12H2,1H3,(H,21,26)(H,22,27). The number of nitrogens with zero attached hydrogens (tertiary/aromatic N) is 2. The van der Waals surface area contributed by atoms with Gasteiger partial charge in [0.05, 0.1) is 4.92 Å². The van der Waals surface area contributed by atoms with E-state index in [1.54, 1.807) is 30.3 Å². The Kier molecular flexibility index (Phi) is 5.87. The van der Waals surface area contributed by atoms with Crippen molar-refractivity contribution < 1.29 is 19.3 Å². The molecule has 0 bridgehead atoms. The predicted octanol–water partition coefficient (Wildman–Crippen LogP) is 3.43. The van der Waals surface area contributed by atoms with Crippen molar-refractivity contribution in [1.82, 2.24) is 4.90 Å². The predicted molar refractivity (Wildman–Crippen MR) is 107 cm³/mol. The second kappa shape index (κ2) is 8.51. The number of Topliss-reactive ketones (excluding diaryl/α,β-unsaturated/α-hetero) is 1. The number of hydrogen-bond acceptors (Lipinski definition) is 5. The van der Waals surface area contributed by atoms with E-state index in [-0.39, 0.29) is 23.1 Å². The van der Waals surface area contributed by atoms with Crippen molar-refractivity contribution in [3.05, 3.63) is 64.2 Å². The van der Waals surface area contributed by atoms with Crippen LogP contribution >= 0.6 is 0 Å². The Morgan fingerprint density at radius 1 is 1.07 bits per heavy atom. The number of anilines is 2. The summed E-state index contributed by atoms with van der Waals surface area (Å²) in [4.78, 5) is 48.6. The molecule has 9 nitrogen and oxygen atoms in total. The van der Waals surface area contributed by atoms with Crippen LogP contribution < -0.4 is 10.6 Å². The lowest BCUT2D eigenvalue weighted by Gasteiger charge is -2.24. The Labute approximate surface area is 166 Å². The van der Waals surface area contributed by atoms with Crippen molar-refractivity contribution in [3.63, 3.8) is 0 Å². The SMILES string of the molecule is CC(=O)c1ccc(NC(=O)C2CCCN2C(=O)Nc2ccccc2[N+](=O)[O-])cc1. The number of para-hydroxylation sites is 2. The Morgan fingerprint density at radius 3 is 2.41 bits per heavy atom. The zero-order chi connectivity index (χ0) is 21.0. The van der Waals surface area contributed by atoms with Crippen LogP contribution in [0.5, 0.6) is 0 Å². The van der Waals surface area contributed by atoms with E-state index < -0.39 is 17.0 Å². The molecule has 0 saturated carbocycles. The molecule has 3 amide bonds. The van der Waals surface area contributed by atoms with Crippen molar-refractivity contribution in [2.75, 3.05) is 17.2 Å². The lowest BCUT2D eigenvalue weighted by atomic mass is 10.1. The van der Waals surface area contributed by atoms with Crippen LogP contribution in [0.25, 0.3) is 0 Å². The Bertz CT molecular complexity index is 958. The Morgan fingerprint density at radius 2 is 1.76 bits per heavy atom. The minimum absolute atomic E-state index is 0.0727. The van der Waals surface area contributed by atoms with E-state index in [9.17, 15) is 24.5 Å². The van der Waals surface area contributed by atoms with Crippen molar-refractivity contribution in [2.45, 2.75) is 25.8 Å². The zero-order valence-electron chi connectivity index (χ0n) is 15.8. The summed E-state index contributed by atoms with van der Waals surface area (Å²) in [7, 11) is 0. The van der Waals surface area contributed by atoms with Gasteiger partial charge in [0.2, 0.25) is 5.91 Å². The van der Waals surface area contributed by atoms with E-state index in [2.05, 4.69) is 10.6 Å². The van der Waals surface area contributed by atoms with Gasteiger partial charge in [-0.25, -0.2) is 4.79 Å². The molecule has 1 unspecified atom stereocenters. The zero-order valence-corrected chi connectivity index (χ0v) is 15.8. The van der Waals surface area contributed by atoms with Gasteiger partial charge in [0, 0.05) is 23.9 Å². The van der Waals surface area contributed by atoms with Crippen molar-refractivity contribution in [2.24, 2.45) is 0 Å². The molecule has 2 aromatic carbocycles. The number of benzene rings is 2. The lowest BCUT2D eigenvalue weighted by molar-refractivity contribution is -0.383. The molecule has 2 aromatic rings. The molecule has 0 aliphatic carbocycles. The minimum atomic E-state index is -0.690. The maximum Gasteiger partial charge on any atom is 0.322 e. The average molecular weight is 396 g/mol. The van der Waals surface area contributed by atoms with Gasteiger partial charge in [0.1, 0.15) is 11.7 Å². The number of amides is 3. The number of carbonyl (C=O) groups is 3. The summed E-state index contributed by atoms with van der Waals surface area (Å²) in [5.41, 5.74) is 0.917. The number of urea groups is 1. The first-order valence-corrected chi connectivity index (χ1v) is 9.09. The van der Waals surface area contributed by atoms with Gasteiger partial charge in [-0.1, -0.05) is 12.1 Å². The van der Waals surface area contributed by atoms with Gasteiger partial charge in [-0.05, 0) is 50.1 Å².